The molecular formula is C18H19N3O3S. The largest absolute Gasteiger partial charge is 0.452 e. The third kappa shape index (κ3) is 4.79. The maximum atomic E-state index is 12.0. The van der Waals surface area contributed by atoms with Crippen LogP contribution >= 0.6 is 11.8 Å². The summed E-state index contributed by atoms with van der Waals surface area (Å²) < 4.78 is 5.17. The highest BCUT2D eigenvalue weighted by Crippen LogP contribution is 2.27. The van der Waals surface area contributed by atoms with Crippen molar-refractivity contribution in [2.24, 2.45) is 0 Å². The van der Waals surface area contributed by atoms with E-state index in [1.807, 2.05) is 6.07 Å². The van der Waals surface area contributed by atoms with Gasteiger partial charge in [0, 0.05) is 17.3 Å². The van der Waals surface area contributed by atoms with E-state index in [4.69, 9.17) is 4.74 Å². The van der Waals surface area contributed by atoms with Crippen molar-refractivity contribution >= 4 is 29.6 Å². The average Bonchev–Trinajstić information content (AvgIpc) is 3.08. The SMILES string of the molecule is C[C@H](OC(=O)CSc1ccc2c(c1)CCC2)C(=O)Nc1ncccn1. The second-order valence-electron chi connectivity index (χ2n) is 5.77. The normalized spacial score (nSPS) is 13.8. The summed E-state index contributed by atoms with van der Waals surface area (Å²) in [6.45, 7) is 1.52. The second kappa shape index (κ2) is 8.11. The molecular weight excluding hydrogens is 338 g/mol. The van der Waals surface area contributed by atoms with Gasteiger partial charge in [0.2, 0.25) is 5.95 Å². The van der Waals surface area contributed by atoms with Crippen molar-refractivity contribution in [2.75, 3.05) is 11.1 Å². The third-order valence-electron chi connectivity index (χ3n) is 3.90. The number of aryl methyl sites for hydroxylation is 2. The zero-order valence-corrected chi connectivity index (χ0v) is 14.7. The topological polar surface area (TPSA) is 81.2 Å². The zero-order chi connectivity index (χ0) is 17.6. The first-order chi connectivity index (χ1) is 12.1. The monoisotopic (exact) mass is 357 g/mol. The summed E-state index contributed by atoms with van der Waals surface area (Å²) >= 11 is 1.42. The number of benzene rings is 1. The van der Waals surface area contributed by atoms with Crippen LogP contribution < -0.4 is 5.32 Å². The predicted molar refractivity (Wildman–Crippen MR) is 95.4 cm³/mol. The van der Waals surface area contributed by atoms with Crippen molar-refractivity contribution in [3.05, 3.63) is 47.8 Å². The standard InChI is InChI=1S/C18H19N3O3S/c1-12(17(23)21-18-19-8-3-9-20-18)24-16(22)11-25-15-7-6-13-4-2-5-14(13)10-15/h3,6-10,12H,2,4-5,11H2,1H3,(H,19,20,21,23)/t12-/m0/s1. The van der Waals surface area contributed by atoms with Crippen LogP contribution in [0.1, 0.15) is 24.5 Å². The summed E-state index contributed by atoms with van der Waals surface area (Å²) in [5.74, 6) is -0.537. The van der Waals surface area contributed by atoms with E-state index in [2.05, 4.69) is 27.4 Å². The Bertz CT molecular complexity index is 767. The Morgan fingerprint density at radius 1 is 1.24 bits per heavy atom. The number of nitrogens with one attached hydrogen (secondary N) is 1. The van der Waals surface area contributed by atoms with Crippen molar-refractivity contribution in [1.82, 2.24) is 9.97 Å². The highest BCUT2D eigenvalue weighted by molar-refractivity contribution is 8.00. The minimum absolute atomic E-state index is 0.165. The van der Waals surface area contributed by atoms with Crippen LogP contribution in [-0.2, 0) is 27.2 Å². The van der Waals surface area contributed by atoms with Crippen LogP contribution in [0, 0.1) is 0 Å². The molecule has 0 radical (unpaired) electrons. The van der Waals surface area contributed by atoms with Crippen LogP contribution in [0.25, 0.3) is 0 Å². The molecule has 7 heteroatoms. The number of anilines is 1. The number of carbonyl (C=O) groups excluding carboxylic acids is 2. The fourth-order valence-electron chi connectivity index (χ4n) is 2.64. The van der Waals surface area contributed by atoms with Gasteiger partial charge in [-0.1, -0.05) is 6.07 Å². The summed E-state index contributed by atoms with van der Waals surface area (Å²) in [7, 11) is 0. The van der Waals surface area contributed by atoms with Gasteiger partial charge in [0.1, 0.15) is 0 Å². The lowest BCUT2D eigenvalue weighted by Crippen LogP contribution is -2.31. The minimum Gasteiger partial charge on any atom is -0.452 e. The molecule has 1 N–H and O–H groups in total. The zero-order valence-electron chi connectivity index (χ0n) is 13.9. The molecule has 1 aliphatic carbocycles. The number of esters is 1. The second-order valence-corrected chi connectivity index (χ2v) is 6.82. The van der Waals surface area contributed by atoms with Crippen LogP contribution in [0.3, 0.4) is 0 Å². The van der Waals surface area contributed by atoms with Gasteiger partial charge in [-0.05, 0) is 55.5 Å². The number of amides is 1. The van der Waals surface area contributed by atoms with Crippen molar-refractivity contribution in [1.29, 1.82) is 0 Å². The fraction of sp³-hybridized carbons (Fsp3) is 0.333. The number of hydrogen-bond acceptors (Lipinski definition) is 6. The molecule has 0 aliphatic heterocycles. The van der Waals surface area contributed by atoms with Gasteiger partial charge in [-0.2, -0.15) is 0 Å². The Morgan fingerprint density at radius 2 is 2.00 bits per heavy atom. The number of ether oxygens (including phenoxy) is 1. The van der Waals surface area contributed by atoms with Crippen LogP contribution in [0.2, 0.25) is 0 Å². The molecule has 2 aromatic rings. The molecule has 0 fully saturated rings. The first kappa shape index (κ1) is 17.4. The quantitative estimate of drug-likeness (QED) is 0.632. The lowest BCUT2D eigenvalue weighted by Gasteiger charge is -2.12. The van der Waals surface area contributed by atoms with Gasteiger partial charge in [0.15, 0.2) is 6.10 Å². The molecule has 3 rings (SSSR count). The minimum atomic E-state index is -0.906. The number of thioether (sulfide) groups is 1. The van der Waals surface area contributed by atoms with E-state index in [9.17, 15) is 9.59 Å². The smallest absolute Gasteiger partial charge is 0.317 e. The van der Waals surface area contributed by atoms with Crippen molar-refractivity contribution < 1.29 is 14.3 Å². The first-order valence-corrected chi connectivity index (χ1v) is 9.12. The number of aromatic nitrogens is 2. The summed E-state index contributed by atoms with van der Waals surface area (Å²) in [4.78, 5) is 32.8. The van der Waals surface area contributed by atoms with Gasteiger partial charge >= 0.3 is 5.97 Å². The van der Waals surface area contributed by atoms with E-state index >= 15 is 0 Å². The third-order valence-corrected chi connectivity index (χ3v) is 4.87. The number of hydrogen-bond donors (Lipinski definition) is 1. The first-order valence-electron chi connectivity index (χ1n) is 8.14. The Kier molecular flexibility index (Phi) is 5.65. The molecule has 6 nitrogen and oxygen atoms in total. The molecule has 1 aromatic carbocycles. The van der Waals surface area contributed by atoms with Gasteiger partial charge in [0.05, 0.1) is 5.75 Å². The van der Waals surface area contributed by atoms with E-state index < -0.39 is 18.0 Å². The Balaban J connectivity index is 1.46. The molecule has 0 bridgehead atoms. The molecule has 0 saturated carbocycles. The maximum Gasteiger partial charge on any atom is 0.317 e. The Labute approximate surface area is 150 Å². The molecule has 1 aliphatic rings. The van der Waals surface area contributed by atoms with Crippen LogP contribution in [0.5, 0.6) is 0 Å². The van der Waals surface area contributed by atoms with Crippen LogP contribution in [0.4, 0.5) is 5.95 Å². The molecule has 1 atom stereocenters. The van der Waals surface area contributed by atoms with E-state index in [0.29, 0.717) is 0 Å². The number of carbonyl (C=O) groups is 2. The van der Waals surface area contributed by atoms with Crippen LogP contribution in [0.15, 0.2) is 41.6 Å². The Hall–Kier alpha value is -2.41. The fourth-order valence-corrected chi connectivity index (χ4v) is 3.38. The van der Waals surface area contributed by atoms with E-state index in [1.54, 1.807) is 6.07 Å². The van der Waals surface area contributed by atoms with Gasteiger partial charge in [-0.15, -0.1) is 11.8 Å². The number of nitrogens with zero attached hydrogens (tertiary/aromatic N) is 2. The van der Waals surface area contributed by atoms with Crippen molar-refractivity contribution in [3.63, 3.8) is 0 Å². The maximum absolute atomic E-state index is 12.0. The summed E-state index contributed by atoms with van der Waals surface area (Å²) in [5.41, 5.74) is 2.77. The molecule has 0 spiro atoms. The molecule has 130 valence electrons. The highest BCUT2D eigenvalue weighted by atomic mass is 32.2. The van der Waals surface area contributed by atoms with E-state index in [1.165, 1.54) is 48.6 Å². The van der Waals surface area contributed by atoms with Gasteiger partial charge in [0.25, 0.3) is 5.91 Å². The highest BCUT2D eigenvalue weighted by Gasteiger charge is 2.19. The average molecular weight is 357 g/mol. The van der Waals surface area contributed by atoms with Crippen molar-refractivity contribution in [2.45, 2.75) is 37.2 Å². The lowest BCUT2D eigenvalue weighted by molar-refractivity contribution is -0.150. The molecule has 0 saturated heterocycles. The number of rotatable bonds is 6. The van der Waals surface area contributed by atoms with Crippen LogP contribution in [-0.4, -0.2) is 33.7 Å². The van der Waals surface area contributed by atoms with E-state index in [0.717, 1.165) is 17.7 Å². The van der Waals surface area contributed by atoms with E-state index in [-0.39, 0.29) is 11.7 Å². The van der Waals surface area contributed by atoms with Gasteiger partial charge in [-0.25, -0.2) is 9.97 Å². The summed E-state index contributed by atoms with van der Waals surface area (Å²) in [5, 5.41) is 2.50. The molecule has 25 heavy (non-hydrogen) atoms. The van der Waals surface area contributed by atoms with Gasteiger partial charge in [-0.3, -0.25) is 14.9 Å². The molecule has 1 aromatic heterocycles. The lowest BCUT2D eigenvalue weighted by atomic mass is 10.1. The molecule has 0 unspecified atom stereocenters. The molecule has 1 amide bonds. The summed E-state index contributed by atoms with van der Waals surface area (Å²) in [6.07, 6.45) is 5.58. The predicted octanol–water partition coefficient (Wildman–Crippen LogP) is 2.63. The Morgan fingerprint density at radius 3 is 2.80 bits per heavy atom. The number of fused-ring (bicyclic) bond motifs is 1. The molecule has 1 heterocycles. The van der Waals surface area contributed by atoms with Gasteiger partial charge < -0.3 is 4.74 Å². The van der Waals surface area contributed by atoms with Crippen molar-refractivity contribution in [3.8, 4) is 0 Å². The summed E-state index contributed by atoms with van der Waals surface area (Å²) in [6, 6.07) is 7.95.